The number of fused-ring (bicyclic) bond motifs is 3. The Morgan fingerprint density at radius 1 is 1.29 bits per heavy atom. The summed E-state index contributed by atoms with van der Waals surface area (Å²) in [6.45, 7) is 4.21. The summed E-state index contributed by atoms with van der Waals surface area (Å²) in [5, 5.41) is 29.0. The summed E-state index contributed by atoms with van der Waals surface area (Å²) < 4.78 is 22.6. The first-order valence-electron chi connectivity index (χ1n) is 11.5. The van der Waals surface area contributed by atoms with E-state index in [0.717, 1.165) is 18.5 Å². The normalized spacial score (nSPS) is 20.5. The van der Waals surface area contributed by atoms with Crippen molar-refractivity contribution in [2.24, 2.45) is 0 Å². The lowest BCUT2D eigenvalue weighted by molar-refractivity contribution is -0.0145. The van der Waals surface area contributed by atoms with Crippen molar-refractivity contribution in [1.82, 2.24) is 29.4 Å². The Kier molecular flexibility index (Phi) is 5.72. The van der Waals surface area contributed by atoms with Crippen LogP contribution in [0.3, 0.4) is 0 Å². The molecule has 0 saturated carbocycles. The van der Waals surface area contributed by atoms with E-state index in [9.17, 15) is 14.6 Å². The second kappa shape index (κ2) is 8.61. The maximum atomic E-state index is 14.4. The van der Waals surface area contributed by atoms with Gasteiger partial charge in [0.15, 0.2) is 23.0 Å². The minimum atomic E-state index is -1.25. The number of aliphatic hydroxyl groups excluding tert-OH is 1. The largest absolute Gasteiger partial charge is 0.494 e. The SMILES string of the molecule is COc1cc2nc(N)n3nc([C@H]4CC[C@@H](C)N(c5cnn(CC(C)(O)CO)c5)C4)nc3c2cc1F. The van der Waals surface area contributed by atoms with Crippen LogP contribution in [0.4, 0.5) is 16.0 Å². The van der Waals surface area contributed by atoms with Crippen molar-refractivity contribution in [2.75, 3.05) is 30.9 Å². The first kappa shape index (κ1) is 23.2. The van der Waals surface area contributed by atoms with Crippen molar-refractivity contribution in [3.63, 3.8) is 0 Å². The van der Waals surface area contributed by atoms with E-state index < -0.39 is 11.4 Å². The fraction of sp³-hybridized carbons (Fsp3) is 0.478. The average molecular weight is 485 g/mol. The monoisotopic (exact) mass is 484 g/mol. The standard InChI is InChI=1S/C23H29FN8O3/c1-13-4-5-14(9-31(13)15-8-26-30(10-15)11-23(2,34)12-33)20-28-21-16-6-17(24)19(35-3)7-18(16)27-22(25)32(21)29-20/h6-8,10,13-14,33-34H,4-5,9,11-12H2,1-3H3,(H2,25,27)/t13-,14+,23?/m1/s1. The second-order valence-electron chi connectivity index (χ2n) is 9.51. The van der Waals surface area contributed by atoms with Gasteiger partial charge in [0.25, 0.3) is 0 Å². The molecular formula is C23H29FN8O3. The van der Waals surface area contributed by atoms with Crippen LogP contribution in [0.1, 0.15) is 38.4 Å². The zero-order valence-corrected chi connectivity index (χ0v) is 19.9. The smallest absolute Gasteiger partial charge is 0.223 e. The molecule has 4 N–H and O–H groups in total. The van der Waals surface area contributed by atoms with Crippen LogP contribution in [0.25, 0.3) is 16.6 Å². The Balaban J connectivity index is 1.46. The number of nitrogens with two attached hydrogens (primary N) is 1. The summed E-state index contributed by atoms with van der Waals surface area (Å²) in [7, 11) is 1.40. The molecule has 11 nitrogen and oxygen atoms in total. The highest BCUT2D eigenvalue weighted by atomic mass is 19.1. The number of hydrogen-bond acceptors (Lipinski definition) is 9. The maximum Gasteiger partial charge on any atom is 0.223 e. The highest BCUT2D eigenvalue weighted by molar-refractivity contribution is 5.93. The highest BCUT2D eigenvalue weighted by Gasteiger charge is 2.31. The van der Waals surface area contributed by atoms with Gasteiger partial charge in [-0.05, 0) is 32.8 Å². The third-order valence-corrected chi connectivity index (χ3v) is 6.63. The molecule has 4 heterocycles. The summed E-state index contributed by atoms with van der Waals surface area (Å²) in [4.78, 5) is 11.4. The Bertz CT molecular complexity index is 1380. The first-order chi connectivity index (χ1) is 16.7. The summed E-state index contributed by atoms with van der Waals surface area (Å²) in [6.07, 6.45) is 5.43. The lowest BCUT2D eigenvalue weighted by Gasteiger charge is -2.37. The molecule has 1 fully saturated rings. The van der Waals surface area contributed by atoms with Gasteiger partial charge in [0.2, 0.25) is 5.95 Å². The van der Waals surface area contributed by atoms with E-state index in [2.05, 4.69) is 27.0 Å². The molecule has 0 amide bonds. The molecule has 1 aliphatic rings. The minimum absolute atomic E-state index is 0.0209. The van der Waals surface area contributed by atoms with E-state index in [1.807, 2.05) is 6.20 Å². The van der Waals surface area contributed by atoms with Gasteiger partial charge in [0.1, 0.15) is 5.60 Å². The number of aromatic nitrogens is 6. The van der Waals surface area contributed by atoms with E-state index in [4.69, 9.17) is 15.5 Å². The van der Waals surface area contributed by atoms with E-state index in [1.165, 1.54) is 23.8 Å². The number of methoxy groups -OCH3 is 1. The van der Waals surface area contributed by atoms with Gasteiger partial charge in [-0.25, -0.2) is 14.4 Å². The van der Waals surface area contributed by atoms with E-state index in [-0.39, 0.29) is 36.8 Å². The zero-order valence-electron chi connectivity index (χ0n) is 19.9. The van der Waals surface area contributed by atoms with Crippen LogP contribution in [-0.2, 0) is 6.54 Å². The highest BCUT2D eigenvalue weighted by Crippen LogP contribution is 2.34. The van der Waals surface area contributed by atoms with E-state index in [0.29, 0.717) is 28.9 Å². The summed E-state index contributed by atoms with van der Waals surface area (Å²) in [5.74, 6) is 0.389. The van der Waals surface area contributed by atoms with E-state index in [1.54, 1.807) is 17.8 Å². The van der Waals surface area contributed by atoms with Crippen LogP contribution in [0, 0.1) is 5.82 Å². The zero-order chi connectivity index (χ0) is 24.9. The van der Waals surface area contributed by atoms with Gasteiger partial charge in [-0.2, -0.15) is 9.61 Å². The Morgan fingerprint density at radius 2 is 2.09 bits per heavy atom. The van der Waals surface area contributed by atoms with Crippen LogP contribution in [0.5, 0.6) is 5.75 Å². The molecule has 1 aromatic carbocycles. The molecule has 12 heteroatoms. The predicted molar refractivity (Wildman–Crippen MR) is 128 cm³/mol. The fourth-order valence-electron chi connectivity index (χ4n) is 4.64. The van der Waals surface area contributed by atoms with Crippen molar-refractivity contribution >= 4 is 28.2 Å². The molecule has 4 aromatic rings. The molecule has 5 rings (SSSR count). The number of halogens is 1. The van der Waals surface area contributed by atoms with Gasteiger partial charge < -0.3 is 25.6 Å². The van der Waals surface area contributed by atoms with Crippen LogP contribution in [0.2, 0.25) is 0 Å². The molecule has 1 saturated heterocycles. The first-order valence-corrected chi connectivity index (χ1v) is 11.5. The maximum absolute atomic E-state index is 14.4. The number of anilines is 2. The second-order valence-corrected chi connectivity index (χ2v) is 9.51. The average Bonchev–Trinajstić information content (AvgIpc) is 3.47. The lowest BCUT2D eigenvalue weighted by atomic mass is 9.92. The van der Waals surface area contributed by atoms with Crippen molar-refractivity contribution in [1.29, 1.82) is 0 Å². The van der Waals surface area contributed by atoms with Gasteiger partial charge in [0, 0.05) is 36.2 Å². The molecule has 0 radical (unpaired) electrons. The summed E-state index contributed by atoms with van der Waals surface area (Å²) in [5.41, 5.74) is 6.76. The number of aliphatic hydroxyl groups is 2. The third kappa shape index (κ3) is 4.23. The quantitative estimate of drug-likeness (QED) is 0.373. The molecule has 1 aliphatic heterocycles. The van der Waals surface area contributed by atoms with Crippen molar-refractivity contribution in [3.05, 3.63) is 36.2 Å². The van der Waals surface area contributed by atoms with Crippen molar-refractivity contribution in [3.8, 4) is 5.75 Å². The molecule has 3 atom stereocenters. The number of benzene rings is 1. The van der Waals surface area contributed by atoms with Crippen LogP contribution in [0.15, 0.2) is 24.5 Å². The van der Waals surface area contributed by atoms with Crippen LogP contribution >= 0.6 is 0 Å². The summed E-state index contributed by atoms with van der Waals surface area (Å²) in [6, 6.07) is 3.12. The third-order valence-electron chi connectivity index (χ3n) is 6.63. The van der Waals surface area contributed by atoms with Gasteiger partial charge in [-0.3, -0.25) is 4.68 Å². The number of nitrogens with zero attached hydrogens (tertiary/aromatic N) is 7. The van der Waals surface area contributed by atoms with Crippen molar-refractivity contribution in [2.45, 2.75) is 50.8 Å². The molecule has 35 heavy (non-hydrogen) atoms. The van der Waals surface area contributed by atoms with E-state index >= 15 is 0 Å². The topological polar surface area (TPSA) is 140 Å². The number of nitrogen functional groups attached to an aromatic ring is 1. The van der Waals surface area contributed by atoms with Gasteiger partial charge >= 0.3 is 0 Å². The predicted octanol–water partition coefficient (Wildman–Crippen LogP) is 1.72. The fourth-order valence-corrected chi connectivity index (χ4v) is 4.64. The number of piperidine rings is 1. The van der Waals surface area contributed by atoms with Crippen LogP contribution in [-0.4, -0.2) is 71.5 Å². The number of ether oxygens (including phenoxy) is 1. The van der Waals surface area contributed by atoms with Gasteiger partial charge in [-0.15, -0.1) is 5.10 Å². The Labute approximate surface area is 200 Å². The molecule has 0 bridgehead atoms. The molecule has 1 unspecified atom stereocenters. The van der Waals surface area contributed by atoms with Gasteiger partial charge in [-0.1, -0.05) is 0 Å². The molecule has 0 aliphatic carbocycles. The summed E-state index contributed by atoms with van der Waals surface area (Å²) >= 11 is 0. The van der Waals surface area contributed by atoms with Crippen molar-refractivity contribution < 1.29 is 19.3 Å². The number of rotatable bonds is 6. The minimum Gasteiger partial charge on any atom is -0.494 e. The Hall–Kier alpha value is -3.51. The van der Waals surface area contributed by atoms with Gasteiger partial charge in [0.05, 0.1) is 37.7 Å². The molecule has 3 aromatic heterocycles. The Morgan fingerprint density at radius 3 is 2.83 bits per heavy atom. The molecule has 186 valence electrons. The molecule has 0 spiro atoms. The van der Waals surface area contributed by atoms with Crippen LogP contribution < -0.4 is 15.4 Å². The lowest BCUT2D eigenvalue weighted by Crippen LogP contribution is -2.41. The number of hydrogen-bond donors (Lipinski definition) is 3. The molecular weight excluding hydrogens is 455 g/mol.